The molecule has 0 radical (unpaired) electrons. The quantitative estimate of drug-likeness (QED) is 0.759. The van der Waals surface area contributed by atoms with E-state index < -0.39 is 11.6 Å². The lowest BCUT2D eigenvalue weighted by molar-refractivity contribution is 0.386. The van der Waals surface area contributed by atoms with Crippen LogP contribution in [0.1, 0.15) is 24.8 Å². The molecule has 1 unspecified atom stereocenters. The molecular weight excluding hydrogens is 284 g/mol. The van der Waals surface area contributed by atoms with E-state index in [1.54, 1.807) is 0 Å². The third-order valence-corrected chi connectivity index (χ3v) is 3.58. The Morgan fingerprint density at radius 2 is 1.73 bits per heavy atom. The van der Waals surface area contributed by atoms with Crippen molar-refractivity contribution in [3.8, 4) is 11.5 Å². The van der Waals surface area contributed by atoms with Gasteiger partial charge in [0.1, 0.15) is 11.6 Å². The third kappa shape index (κ3) is 4.53. The maximum absolute atomic E-state index is 13.6. The fourth-order valence-electron chi connectivity index (χ4n) is 2.17. The van der Waals surface area contributed by atoms with Gasteiger partial charge in [0, 0.05) is 6.07 Å². The minimum atomic E-state index is -0.705. The van der Waals surface area contributed by atoms with Crippen molar-refractivity contribution in [1.29, 1.82) is 0 Å². The van der Waals surface area contributed by atoms with Gasteiger partial charge in [-0.1, -0.05) is 19.1 Å². The van der Waals surface area contributed by atoms with E-state index in [2.05, 4.69) is 25.9 Å². The van der Waals surface area contributed by atoms with Gasteiger partial charge in [0.2, 0.25) is 0 Å². The third-order valence-electron chi connectivity index (χ3n) is 3.58. The van der Waals surface area contributed by atoms with Gasteiger partial charge >= 0.3 is 0 Å². The molecule has 0 aromatic heterocycles. The van der Waals surface area contributed by atoms with Gasteiger partial charge < -0.3 is 9.64 Å². The van der Waals surface area contributed by atoms with Crippen LogP contribution in [0.2, 0.25) is 0 Å². The summed E-state index contributed by atoms with van der Waals surface area (Å²) < 4.78 is 31.9. The van der Waals surface area contributed by atoms with Crippen molar-refractivity contribution in [1.82, 2.24) is 4.90 Å². The molecule has 118 valence electrons. The van der Waals surface area contributed by atoms with Gasteiger partial charge in [0.05, 0.1) is 0 Å². The van der Waals surface area contributed by atoms with Crippen LogP contribution in [-0.4, -0.2) is 25.5 Å². The second kappa shape index (κ2) is 7.36. The summed E-state index contributed by atoms with van der Waals surface area (Å²) in [5, 5.41) is 0. The van der Waals surface area contributed by atoms with Crippen LogP contribution in [-0.2, 0) is 0 Å². The van der Waals surface area contributed by atoms with Gasteiger partial charge in [-0.2, -0.15) is 0 Å². The second-order valence-electron chi connectivity index (χ2n) is 5.74. The predicted molar refractivity (Wildman–Crippen MR) is 84.5 cm³/mol. The summed E-state index contributed by atoms with van der Waals surface area (Å²) in [5.74, 6) is -0.318. The standard InChI is InChI=1S/C18H21F2NO/c1-13(10-11-21(2)3)14-4-7-16(8-5-14)22-18-9-6-15(19)12-17(18)20/h4-9,12-13H,10-11H2,1-3H3. The number of hydrogen-bond donors (Lipinski definition) is 0. The van der Waals surface area contributed by atoms with Crippen LogP contribution in [0.5, 0.6) is 11.5 Å². The van der Waals surface area contributed by atoms with Gasteiger partial charge in [-0.15, -0.1) is 0 Å². The molecule has 0 N–H and O–H groups in total. The molecule has 0 bridgehead atoms. The van der Waals surface area contributed by atoms with Crippen LogP contribution in [0.15, 0.2) is 42.5 Å². The van der Waals surface area contributed by atoms with Crippen molar-refractivity contribution < 1.29 is 13.5 Å². The van der Waals surface area contributed by atoms with Crippen molar-refractivity contribution >= 4 is 0 Å². The van der Waals surface area contributed by atoms with Crippen LogP contribution in [0, 0.1) is 11.6 Å². The molecule has 22 heavy (non-hydrogen) atoms. The summed E-state index contributed by atoms with van der Waals surface area (Å²) in [6, 6.07) is 10.9. The van der Waals surface area contributed by atoms with E-state index in [9.17, 15) is 8.78 Å². The van der Waals surface area contributed by atoms with Crippen LogP contribution < -0.4 is 4.74 Å². The van der Waals surface area contributed by atoms with E-state index in [-0.39, 0.29) is 5.75 Å². The Hall–Kier alpha value is -1.94. The molecule has 0 aliphatic heterocycles. The van der Waals surface area contributed by atoms with Crippen LogP contribution in [0.4, 0.5) is 8.78 Å². The van der Waals surface area contributed by atoms with Gasteiger partial charge in [-0.25, -0.2) is 8.78 Å². The van der Waals surface area contributed by atoms with E-state index >= 15 is 0 Å². The largest absolute Gasteiger partial charge is 0.454 e. The maximum Gasteiger partial charge on any atom is 0.168 e. The molecule has 2 rings (SSSR count). The van der Waals surface area contributed by atoms with Crippen molar-refractivity contribution in [2.45, 2.75) is 19.3 Å². The Bertz CT molecular complexity index is 611. The zero-order valence-electron chi connectivity index (χ0n) is 13.1. The van der Waals surface area contributed by atoms with Crippen LogP contribution >= 0.6 is 0 Å². The number of hydrogen-bond acceptors (Lipinski definition) is 2. The predicted octanol–water partition coefficient (Wildman–Crippen LogP) is 4.81. The first-order valence-electron chi connectivity index (χ1n) is 7.33. The van der Waals surface area contributed by atoms with Gasteiger partial charge in [-0.05, 0) is 62.8 Å². The zero-order valence-corrected chi connectivity index (χ0v) is 13.1. The zero-order chi connectivity index (χ0) is 16.1. The van der Waals surface area contributed by atoms with Gasteiger partial charge in [-0.3, -0.25) is 0 Å². The van der Waals surface area contributed by atoms with E-state index in [1.807, 2.05) is 24.3 Å². The molecule has 0 amide bonds. The number of nitrogens with zero attached hydrogens (tertiary/aromatic N) is 1. The molecule has 2 aromatic carbocycles. The fraction of sp³-hybridized carbons (Fsp3) is 0.333. The fourth-order valence-corrected chi connectivity index (χ4v) is 2.17. The topological polar surface area (TPSA) is 12.5 Å². The number of rotatable bonds is 6. The first-order chi connectivity index (χ1) is 10.5. The molecule has 0 heterocycles. The van der Waals surface area contributed by atoms with Crippen molar-refractivity contribution in [2.24, 2.45) is 0 Å². The molecule has 2 aromatic rings. The molecule has 0 aliphatic rings. The van der Waals surface area contributed by atoms with E-state index in [0.717, 1.165) is 19.0 Å². The minimum Gasteiger partial charge on any atom is -0.454 e. The second-order valence-corrected chi connectivity index (χ2v) is 5.74. The van der Waals surface area contributed by atoms with Crippen molar-refractivity contribution in [3.63, 3.8) is 0 Å². The lowest BCUT2D eigenvalue weighted by Crippen LogP contribution is -2.14. The summed E-state index contributed by atoms with van der Waals surface area (Å²) >= 11 is 0. The average Bonchev–Trinajstić information content (AvgIpc) is 2.48. The minimum absolute atomic E-state index is 0.0230. The van der Waals surface area contributed by atoms with Crippen molar-refractivity contribution in [3.05, 3.63) is 59.7 Å². The van der Waals surface area contributed by atoms with E-state index in [4.69, 9.17) is 4.74 Å². The molecule has 0 saturated heterocycles. The SMILES string of the molecule is CC(CCN(C)C)c1ccc(Oc2ccc(F)cc2F)cc1. The number of ether oxygens (including phenoxy) is 1. The summed E-state index contributed by atoms with van der Waals surface area (Å²) in [6.45, 7) is 3.21. The van der Waals surface area contributed by atoms with Crippen LogP contribution in [0.25, 0.3) is 0 Å². The summed E-state index contributed by atoms with van der Waals surface area (Å²) in [6.07, 6.45) is 1.07. The lowest BCUT2D eigenvalue weighted by atomic mass is 9.97. The average molecular weight is 305 g/mol. The monoisotopic (exact) mass is 305 g/mol. The Balaban J connectivity index is 2.02. The molecule has 0 saturated carbocycles. The highest BCUT2D eigenvalue weighted by Crippen LogP contribution is 2.27. The highest BCUT2D eigenvalue weighted by Gasteiger charge is 2.08. The normalized spacial score (nSPS) is 12.5. The molecule has 0 spiro atoms. The highest BCUT2D eigenvalue weighted by atomic mass is 19.1. The first-order valence-corrected chi connectivity index (χ1v) is 7.33. The molecule has 0 aliphatic carbocycles. The number of halogens is 2. The summed E-state index contributed by atoms with van der Waals surface area (Å²) in [7, 11) is 4.11. The van der Waals surface area contributed by atoms with Gasteiger partial charge in [0.15, 0.2) is 11.6 Å². The molecule has 0 fully saturated rings. The highest BCUT2D eigenvalue weighted by molar-refractivity contribution is 5.34. The maximum atomic E-state index is 13.6. The molecular formula is C18H21F2NO. The Morgan fingerprint density at radius 1 is 1.05 bits per heavy atom. The van der Waals surface area contributed by atoms with E-state index in [0.29, 0.717) is 11.7 Å². The van der Waals surface area contributed by atoms with Crippen molar-refractivity contribution in [2.75, 3.05) is 20.6 Å². The Kier molecular flexibility index (Phi) is 5.50. The Morgan fingerprint density at radius 3 is 2.32 bits per heavy atom. The summed E-state index contributed by atoms with van der Waals surface area (Å²) in [4.78, 5) is 2.16. The van der Waals surface area contributed by atoms with Gasteiger partial charge in [0.25, 0.3) is 0 Å². The van der Waals surface area contributed by atoms with Crippen LogP contribution in [0.3, 0.4) is 0 Å². The first kappa shape index (κ1) is 16.4. The Labute approximate surface area is 130 Å². The molecule has 2 nitrogen and oxygen atoms in total. The molecule has 1 atom stereocenters. The molecule has 4 heteroatoms. The summed E-state index contributed by atoms with van der Waals surface area (Å²) in [5.41, 5.74) is 1.22. The number of benzene rings is 2. The smallest absolute Gasteiger partial charge is 0.168 e. The van der Waals surface area contributed by atoms with E-state index in [1.165, 1.54) is 17.7 Å². The lowest BCUT2D eigenvalue weighted by Gasteiger charge is -2.16.